The lowest BCUT2D eigenvalue weighted by Crippen LogP contribution is -2.10. The molecule has 3 N–H and O–H groups in total. The van der Waals surface area contributed by atoms with Crippen molar-refractivity contribution < 1.29 is 0 Å². The largest absolute Gasteiger partial charge is 0.308 e. The molecule has 0 unspecified atom stereocenters. The molecule has 2 rings (SSSR count). The fourth-order valence-electron chi connectivity index (χ4n) is 1.56. The second kappa shape index (κ2) is 3.79. The number of pyridine rings is 1. The Hall–Kier alpha value is -1.13. The average Bonchev–Trinajstić information content (AvgIpc) is 2.23. The van der Waals surface area contributed by atoms with Gasteiger partial charge in [0.25, 0.3) is 0 Å². The Morgan fingerprint density at radius 1 is 1.27 bits per heavy atom. The van der Waals surface area contributed by atoms with Gasteiger partial charge in [-0.3, -0.25) is 0 Å². The van der Waals surface area contributed by atoms with Crippen LogP contribution in [0.15, 0.2) is 22.7 Å². The Morgan fingerprint density at radius 2 is 2.00 bits per heavy atom. The number of nitrogen functional groups attached to an aromatic ring is 1. The Morgan fingerprint density at radius 3 is 2.67 bits per heavy atom. The third-order valence-electron chi connectivity index (χ3n) is 2.45. The van der Waals surface area contributed by atoms with Gasteiger partial charge in [0.15, 0.2) is 0 Å². The van der Waals surface area contributed by atoms with E-state index < -0.39 is 0 Å². The summed E-state index contributed by atoms with van der Waals surface area (Å²) in [6, 6.07) is 6.21. The molecule has 0 amide bonds. The number of aromatic nitrogens is 1. The first kappa shape index (κ1) is 10.4. The minimum atomic E-state index is 0.716. The average molecular weight is 266 g/mol. The monoisotopic (exact) mass is 265 g/mol. The Bertz CT molecular complexity index is 523. The van der Waals surface area contributed by atoms with Crippen LogP contribution in [0.3, 0.4) is 0 Å². The van der Waals surface area contributed by atoms with Gasteiger partial charge in [0, 0.05) is 9.86 Å². The van der Waals surface area contributed by atoms with Crippen LogP contribution in [0.5, 0.6) is 0 Å². The lowest BCUT2D eigenvalue weighted by molar-refractivity contribution is 1.22. The molecular formula is C11H12BrN3. The second-order valence-electron chi connectivity index (χ2n) is 3.57. The Labute approximate surface area is 96.8 Å². The Balaban J connectivity index is 2.82. The van der Waals surface area contributed by atoms with E-state index in [4.69, 9.17) is 5.84 Å². The van der Waals surface area contributed by atoms with Gasteiger partial charge < -0.3 is 5.43 Å². The third-order valence-corrected chi connectivity index (χ3v) is 3.45. The number of benzene rings is 1. The van der Waals surface area contributed by atoms with Crippen molar-refractivity contribution in [1.82, 2.24) is 4.98 Å². The maximum atomic E-state index is 5.40. The van der Waals surface area contributed by atoms with E-state index in [1.54, 1.807) is 0 Å². The van der Waals surface area contributed by atoms with Crippen LogP contribution >= 0.6 is 15.9 Å². The molecule has 0 fully saturated rings. The minimum Gasteiger partial charge on any atom is -0.308 e. The molecule has 3 nitrogen and oxygen atoms in total. The van der Waals surface area contributed by atoms with Gasteiger partial charge >= 0.3 is 0 Å². The first-order chi connectivity index (χ1) is 7.13. The van der Waals surface area contributed by atoms with Crippen LogP contribution in [0, 0.1) is 13.8 Å². The number of rotatable bonds is 1. The molecule has 15 heavy (non-hydrogen) atoms. The number of hydrogen-bond donors (Lipinski definition) is 2. The molecule has 0 aliphatic carbocycles. The van der Waals surface area contributed by atoms with Gasteiger partial charge in [-0.05, 0) is 47.0 Å². The number of nitrogens with zero attached hydrogens (tertiary/aromatic N) is 1. The molecule has 2 aromatic rings. The van der Waals surface area contributed by atoms with Crippen molar-refractivity contribution in [1.29, 1.82) is 0 Å². The molecule has 0 aliphatic rings. The number of anilines is 1. The van der Waals surface area contributed by atoms with E-state index in [1.165, 1.54) is 5.56 Å². The van der Waals surface area contributed by atoms with E-state index in [2.05, 4.69) is 44.5 Å². The maximum Gasteiger partial charge on any atom is 0.143 e. The number of hydrogen-bond acceptors (Lipinski definition) is 3. The normalized spacial score (nSPS) is 10.7. The van der Waals surface area contributed by atoms with E-state index in [-0.39, 0.29) is 0 Å². The predicted molar refractivity (Wildman–Crippen MR) is 66.7 cm³/mol. The zero-order valence-corrected chi connectivity index (χ0v) is 10.2. The molecule has 4 heteroatoms. The smallest absolute Gasteiger partial charge is 0.143 e. The summed E-state index contributed by atoms with van der Waals surface area (Å²) in [6.07, 6.45) is 0. The van der Waals surface area contributed by atoms with Gasteiger partial charge in [-0.2, -0.15) is 0 Å². The SMILES string of the molecule is Cc1cc2ccc(C)c(Br)c2nc1NN. The van der Waals surface area contributed by atoms with Gasteiger partial charge in [-0.25, -0.2) is 10.8 Å². The van der Waals surface area contributed by atoms with E-state index in [1.807, 2.05) is 13.8 Å². The standard InChI is InChI=1S/C11H12BrN3/c1-6-3-4-8-5-7(2)11(15-13)14-10(8)9(6)12/h3-5H,13H2,1-2H3,(H,14,15). The van der Waals surface area contributed by atoms with Crippen LogP contribution < -0.4 is 11.3 Å². The number of nitrogens with two attached hydrogens (primary N) is 1. The van der Waals surface area contributed by atoms with Crippen molar-refractivity contribution in [3.8, 4) is 0 Å². The number of hydrazine groups is 1. The molecule has 1 heterocycles. The van der Waals surface area contributed by atoms with Crippen LogP contribution in [0.1, 0.15) is 11.1 Å². The first-order valence-electron chi connectivity index (χ1n) is 4.66. The Kier molecular flexibility index (Phi) is 2.63. The topological polar surface area (TPSA) is 50.9 Å². The minimum absolute atomic E-state index is 0.716. The van der Waals surface area contributed by atoms with E-state index in [0.717, 1.165) is 20.9 Å². The quantitative estimate of drug-likeness (QED) is 0.616. The van der Waals surface area contributed by atoms with E-state index in [0.29, 0.717) is 5.82 Å². The van der Waals surface area contributed by atoms with Crippen molar-refractivity contribution in [2.45, 2.75) is 13.8 Å². The van der Waals surface area contributed by atoms with Crippen LogP contribution in [-0.2, 0) is 0 Å². The van der Waals surface area contributed by atoms with Gasteiger partial charge in [-0.15, -0.1) is 0 Å². The highest BCUT2D eigenvalue weighted by Crippen LogP contribution is 2.28. The van der Waals surface area contributed by atoms with Crippen molar-refractivity contribution in [2.75, 3.05) is 5.43 Å². The van der Waals surface area contributed by atoms with Gasteiger partial charge in [0.05, 0.1) is 5.52 Å². The molecule has 0 spiro atoms. The highest BCUT2D eigenvalue weighted by molar-refractivity contribution is 9.10. The highest BCUT2D eigenvalue weighted by atomic mass is 79.9. The van der Waals surface area contributed by atoms with Crippen molar-refractivity contribution in [3.63, 3.8) is 0 Å². The summed E-state index contributed by atoms with van der Waals surface area (Å²) in [5, 5.41) is 1.11. The van der Waals surface area contributed by atoms with Gasteiger partial charge in [0.2, 0.25) is 0 Å². The number of halogens is 1. The van der Waals surface area contributed by atoms with Crippen molar-refractivity contribution >= 4 is 32.7 Å². The molecule has 0 saturated carbocycles. The summed E-state index contributed by atoms with van der Waals surface area (Å²) in [5.41, 5.74) is 5.75. The second-order valence-corrected chi connectivity index (χ2v) is 4.36. The van der Waals surface area contributed by atoms with Crippen LogP contribution in [-0.4, -0.2) is 4.98 Å². The zero-order chi connectivity index (χ0) is 11.0. The fraction of sp³-hybridized carbons (Fsp3) is 0.182. The summed E-state index contributed by atoms with van der Waals surface area (Å²) >= 11 is 3.54. The highest BCUT2D eigenvalue weighted by Gasteiger charge is 2.06. The summed E-state index contributed by atoms with van der Waals surface area (Å²) in [4.78, 5) is 4.47. The van der Waals surface area contributed by atoms with Crippen LogP contribution in [0.2, 0.25) is 0 Å². The van der Waals surface area contributed by atoms with Crippen molar-refractivity contribution in [2.24, 2.45) is 5.84 Å². The number of nitrogens with one attached hydrogen (secondary N) is 1. The van der Waals surface area contributed by atoms with Gasteiger partial charge in [0.1, 0.15) is 5.82 Å². The molecule has 78 valence electrons. The summed E-state index contributed by atoms with van der Waals surface area (Å²) in [7, 11) is 0. The zero-order valence-electron chi connectivity index (χ0n) is 8.63. The molecule has 0 atom stereocenters. The molecule has 0 aliphatic heterocycles. The number of aryl methyl sites for hydroxylation is 2. The van der Waals surface area contributed by atoms with E-state index in [9.17, 15) is 0 Å². The van der Waals surface area contributed by atoms with Crippen molar-refractivity contribution in [3.05, 3.63) is 33.8 Å². The summed E-state index contributed by atoms with van der Waals surface area (Å²) in [6.45, 7) is 4.02. The summed E-state index contributed by atoms with van der Waals surface area (Å²) < 4.78 is 1.02. The van der Waals surface area contributed by atoms with Gasteiger partial charge in [-0.1, -0.05) is 12.1 Å². The molecular weight excluding hydrogens is 254 g/mol. The van der Waals surface area contributed by atoms with Crippen LogP contribution in [0.25, 0.3) is 10.9 Å². The fourth-order valence-corrected chi connectivity index (χ4v) is 2.01. The molecule has 1 aromatic carbocycles. The van der Waals surface area contributed by atoms with E-state index >= 15 is 0 Å². The predicted octanol–water partition coefficient (Wildman–Crippen LogP) is 2.90. The van der Waals surface area contributed by atoms with Crippen LogP contribution in [0.4, 0.5) is 5.82 Å². The first-order valence-corrected chi connectivity index (χ1v) is 5.46. The third kappa shape index (κ3) is 1.70. The summed E-state index contributed by atoms with van der Waals surface area (Å²) in [5.74, 6) is 6.12. The maximum absolute atomic E-state index is 5.40. The molecule has 0 bridgehead atoms. The molecule has 0 saturated heterocycles. The lowest BCUT2D eigenvalue weighted by atomic mass is 10.1. The lowest BCUT2D eigenvalue weighted by Gasteiger charge is -2.08. The molecule has 0 radical (unpaired) electrons. The molecule has 1 aromatic heterocycles. The number of fused-ring (bicyclic) bond motifs is 1.